The number of likely N-dealkylation sites (tertiary alicyclic amines) is 1. The van der Waals surface area contributed by atoms with E-state index in [1.807, 2.05) is 37.3 Å². The van der Waals surface area contributed by atoms with Gasteiger partial charge in [-0.05, 0) is 18.9 Å². The number of carboxylic acid groups (broad SMARTS) is 1. The highest BCUT2D eigenvalue weighted by Gasteiger charge is 2.52. The molecule has 1 N–H and O–H groups in total. The molecule has 6 nitrogen and oxygen atoms in total. The van der Waals surface area contributed by atoms with Crippen LogP contribution in [0.4, 0.5) is 4.79 Å². The van der Waals surface area contributed by atoms with Crippen LogP contribution in [0.5, 0.6) is 0 Å². The van der Waals surface area contributed by atoms with Gasteiger partial charge in [0.25, 0.3) is 0 Å². The van der Waals surface area contributed by atoms with Crippen molar-refractivity contribution in [1.29, 1.82) is 0 Å². The summed E-state index contributed by atoms with van der Waals surface area (Å²) in [6, 6.07) is 8.24. The lowest BCUT2D eigenvalue weighted by molar-refractivity contribution is -0.142. The molecular weight excluding hydrogens is 286 g/mol. The molecule has 2 saturated heterocycles. The maximum absolute atomic E-state index is 12.4. The maximum atomic E-state index is 12.4. The number of ether oxygens (including phenoxy) is 2. The summed E-state index contributed by atoms with van der Waals surface area (Å²) in [6.07, 6.45) is 0.218. The van der Waals surface area contributed by atoms with Gasteiger partial charge in [0.05, 0.1) is 18.2 Å². The summed E-state index contributed by atoms with van der Waals surface area (Å²) >= 11 is 0. The van der Waals surface area contributed by atoms with Crippen LogP contribution in [0.1, 0.15) is 25.3 Å². The first kappa shape index (κ1) is 14.8. The Kier molecular flexibility index (Phi) is 4.02. The van der Waals surface area contributed by atoms with Gasteiger partial charge in [0.2, 0.25) is 0 Å². The lowest BCUT2D eigenvalue weighted by Gasteiger charge is -2.26. The fourth-order valence-corrected chi connectivity index (χ4v) is 3.28. The zero-order valence-electron chi connectivity index (χ0n) is 12.3. The summed E-state index contributed by atoms with van der Waals surface area (Å²) < 4.78 is 11.0. The van der Waals surface area contributed by atoms with E-state index in [9.17, 15) is 14.7 Å². The standard InChI is InChI=1S/C16H19NO5/c1-10-7-12-14(22-10)8-13(15(18)19)17(12)16(20)21-9-11-5-3-2-4-6-11/h2-6,10,12-14H,7-9H2,1H3,(H,18,19). The third kappa shape index (κ3) is 2.78. The van der Waals surface area contributed by atoms with Crippen molar-refractivity contribution in [1.82, 2.24) is 4.90 Å². The minimum Gasteiger partial charge on any atom is -0.480 e. The Bertz CT molecular complexity index is 561. The van der Waals surface area contributed by atoms with Gasteiger partial charge in [0.1, 0.15) is 12.6 Å². The number of carboxylic acids is 1. The highest BCUT2D eigenvalue weighted by molar-refractivity contribution is 5.81. The Labute approximate surface area is 128 Å². The molecule has 0 aliphatic carbocycles. The van der Waals surface area contributed by atoms with Crippen LogP contribution in [0.3, 0.4) is 0 Å². The molecule has 0 spiro atoms. The van der Waals surface area contributed by atoms with Crippen molar-refractivity contribution >= 4 is 12.1 Å². The van der Waals surface area contributed by atoms with Crippen LogP contribution < -0.4 is 0 Å². The monoisotopic (exact) mass is 305 g/mol. The van der Waals surface area contributed by atoms with E-state index in [2.05, 4.69) is 0 Å². The molecule has 118 valence electrons. The summed E-state index contributed by atoms with van der Waals surface area (Å²) in [4.78, 5) is 25.1. The van der Waals surface area contributed by atoms with Gasteiger partial charge < -0.3 is 14.6 Å². The molecule has 0 radical (unpaired) electrons. The summed E-state index contributed by atoms with van der Waals surface area (Å²) in [5.41, 5.74) is 0.870. The second-order valence-corrected chi connectivity index (χ2v) is 5.83. The predicted octanol–water partition coefficient (Wildman–Crippen LogP) is 2.03. The van der Waals surface area contributed by atoms with Crippen LogP contribution in [-0.4, -0.2) is 46.4 Å². The van der Waals surface area contributed by atoms with E-state index < -0.39 is 18.1 Å². The molecule has 1 amide bonds. The smallest absolute Gasteiger partial charge is 0.411 e. The van der Waals surface area contributed by atoms with Gasteiger partial charge in [-0.3, -0.25) is 4.90 Å². The first-order valence-corrected chi connectivity index (χ1v) is 7.43. The Balaban J connectivity index is 1.69. The Morgan fingerprint density at radius 2 is 2.05 bits per heavy atom. The molecule has 0 bridgehead atoms. The molecule has 4 unspecified atom stereocenters. The number of amides is 1. The van der Waals surface area contributed by atoms with E-state index in [-0.39, 0.29) is 24.9 Å². The van der Waals surface area contributed by atoms with Gasteiger partial charge in [-0.2, -0.15) is 0 Å². The molecule has 6 heteroatoms. The molecular formula is C16H19NO5. The highest BCUT2D eigenvalue weighted by atomic mass is 16.6. The molecule has 2 heterocycles. The fraction of sp³-hybridized carbons (Fsp3) is 0.500. The topological polar surface area (TPSA) is 76.1 Å². The normalized spacial score (nSPS) is 30.1. The quantitative estimate of drug-likeness (QED) is 0.924. The summed E-state index contributed by atoms with van der Waals surface area (Å²) in [5.74, 6) is -1.01. The average Bonchev–Trinajstić information content (AvgIpc) is 3.01. The maximum Gasteiger partial charge on any atom is 0.411 e. The number of hydrogen-bond acceptors (Lipinski definition) is 4. The van der Waals surface area contributed by atoms with Crippen LogP contribution in [0.25, 0.3) is 0 Å². The first-order valence-electron chi connectivity index (χ1n) is 7.43. The zero-order chi connectivity index (χ0) is 15.7. The van der Waals surface area contributed by atoms with Crippen molar-refractivity contribution in [3.05, 3.63) is 35.9 Å². The van der Waals surface area contributed by atoms with Crippen LogP contribution in [0, 0.1) is 0 Å². The van der Waals surface area contributed by atoms with Crippen molar-refractivity contribution in [3.8, 4) is 0 Å². The number of carbonyl (C=O) groups is 2. The number of nitrogens with zero attached hydrogens (tertiary/aromatic N) is 1. The molecule has 22 heavy (non-hydrogen) atoms. The minimum atomic E-state index is -1.01. The largest absolute Gasteiger partial charge is 0.480 e. The van der Waals surface area contributed by atoms with E-state index >= 15 is 0 Å². The molecule has 2 aliphatic heterocycles. The number of carbonyl (C=O) groups excluding carboxylic acids is 1. The molecule has 1 aromatic rings. The van der Waals surface area contributed by atoms with Gasteiger partial charge in [-0.15, -0.1) is 0 Å². The van der Waals surface area contributed by atoms with E-state index in [1.165, 1.54) is 4.90 Å². The van der Waals surface area contributed by atoms with Crippen molar-refractivity contribution in [2.45, 2.75) is 50.7 Å². The first-order chi connectivity index (χ1) is 10.6. The lowest BCUT2D eigenvalue weighted by atomic mass is 10.1. The van der Waals surface area contributed by atoms with Crippen molar-refractivity contribution in [2.75, 3.05) is 0 Å². The second-order valence-electron chi connectivity index (χ2n) is 5.83. The van der Waals surface area contributed by atoms with E-state index in [0.29, 0.717) is 12.8 Å². The number of hydrogen-bond donors (Lipinski definition) is 1. The fourth-order valence-electron chi connectivity index (χ4n) is 3.28. The van der Waals surface area contributed by atoms with Gasteiger partial charge in [0.15, 0.2) is 0 Å². The third-order valence-electron chi connectivity index (χ3n) is 4.26. The van der Waals surface area contributed by atoms with Crippen molar-refractivity contribution in [3.63, 3.8) is 0 Å². The Hall–Kier alpha value is -2.08. The van der Waals surface area contributed by atoms with Crippen LogP contribution in [0.2, 0.25) is 0 Å². The van der Waals surface area contributed by atoms with Gasteiger partial charge in [-0.1, -0.05) is 30.3 Å². The molecule has 2 fully saturated rings. The number of rotatable bonds is 3. The number of benzene rings is 1. The minimum absolute atomic E-state index is 0.0363. The molecule has 3 rings (SSSR count). The van der Waals surface area contributed by atoms with Gasteiger partial charge in [-0.25, -0.2) is 9.59 Å². The lowest BCUT2D eigenvalue weighted by Crippen LogP contribution is -2.45. The molecule has 4 atom stereocenters. The number of aliphatic carboxylic acids is 1. The van der Waals surface area contributed by atoms with Gasteiger partial charge >= 0.3 is 12.1 Å². The van der Waals surface area contributed by atoms with Crippen LogP contribution >= 0.6 is 0 Å². The molecule has 0 saturated carbocycles. The van der Waals surface area contributed by atoms with E-state index in [1.54, 1.807) is 0 Å². The SMILES string of the molecule is CC1CC2C(CC(C(=O)O)N2C(=O)OCc2ccccc2)O1. The van der Waals surface area contributed by atoms with Crippen LogP contribution in [-0.2, 0) is 20.9 Å². The van der Waals surface area contributed by atoms with Crippen molar-refractivity contribution < 1.29 is 24.2 Å². The highest BCUT2D eigenvalue weighted by Crippen LogP contribution is 2.37. The second kappa shape index (κ2) is 5.96. The average molecular weight is 305 g/mol. The number of fused-ring (bicyclic) bond motifs is 1. The Morgan fingerprint density at radius 1 is 1.32 bits per heavy atom. The van der Waals surface area contributed by atoms with Crippen LogP contribution in [0.15, 0.2) is 30.3 Å². The van der Waals surface area contributed by atoms with Gasteiger partial charge in [0, 0.05) is 6.42 Å². The van der Waals surface area contributed by atoms with E-state index in [4.69, 9.17) is 9.47 Å². The Morgan fingerprint density at radius 3 is 2.73 bits per heavy atom. The van der Waals surface area contributed by atoms with Crippen molar-refractivity contribution in [2.24, 2.45) is 0 Å². The zero-order valence-corrected chi connectivity index (χ0v) is 12.3. The molecule has 1 aromatic carbocycles. The molecule has 0 aromatic heterocycles. The summed E-state index contributed by atoms with van der Waals surface area (Å²) in [7, 11) is 0. The van der Waals surface area contributed by atoms with E-state index in [0.717, 1.165) is 5.56 Å². The third-order valence-corrected chi connectivity index (χ3v) is 4.26. The molecule has 2 aliphatic rings. The summed E-state index contributed by atoms with van der Waals surface area (Å²) in [6.45, 7) is 2.07. The summed E-state index contributed by atoms with van der Waals surface area (Å²) in [5, 5.41) is 9.33. The predicted molar refractivity (Wildman–Crippen MR) is 77.2 cm³/mol.